The van der Waals surface area contributed by atoms with Crippen molar-refractivity contribution >= 4 is 20.0 Å². The SMILES string of the molecule is CC.CC.CF.CO.COC.CS(=O)(=O)N1CCN2CCCC2C1.CS(=O)(=O)N1CCN2CCCC2C1.c1ccncc1.c1ccncc1. The molecule has 0 saturated carbocycles. The average Bonchev–Trinajstić information content (AvgIpc) is 3.83. The number of nitrogens with zero attached hydrogens (tertiary/aromatic N) is 6. The third kappa shape index (κ3) is 24.6. The van der Waals surface area contributed by atoms with Gasteiger partial charge in [-0.2, -0.15) is 8.61 Å². The number of pyridine rings is 2. The molecule has 2 aromatic heterocycles. The Morgan fingerprint density at radius 1 is 0.592 bits per heavy atom. The molecule has 6 heterocycles. The molecule has 0 radical (unpaired) electrons. The van der Waals surface area contributed by atoms with Crippen molar-refractivity contribution in [1.29, 1.82) is 0 Å². The van der Waals surface area contributed by atoms with E-state index >= 15 is 0 Å². The van der Waals surface area contributed by atoms with Crippen LogP contribution < -0.4 is 0 Å². The summed E-state index contributed by atoms with van der Waals surface area (Å²) in [7, 11) is -1.17. The minimum absolute atomic E-state index is 0.489. The third-order valence-corrected chi connectivity index (χ3v) is 9.71. The Morgan fingerprint density at radius 2 is 0.878 bits per heavy atom. The number of rotatable bonds is 2. The Labute approximate surface area is 298 Å². The van der Waals surface area contributed by atoms with Crippen LogP contribution in [0.4, 0.5) is 4.39 Å². The van der Waals surface area contributed by atoms with E-state index in [1.165, 1.54) is 25.4 Å². The predicted octanol–water partition coefficient (Wildman–Crippen LogP) is 4.12. The molecule has 0 spiro atoms. The largest absolute Gasteiger partial charge is 0.400 e. The molecule has 4 fully saturated rings. The van der Waals surface area contributed by atoms with Gasteiger partial charge in [-0.05, 0) is 63.0 Å². The number of fused-ring (bicyclic) bond motifs is 2. The second-order valence-electron chi connectivity index (χ2n) is 10.4. The van der Waals surface area contributed by atoms with Crippen LogP contribution in [-0.2, 0) is 24.8 Å². The molecule has 288 valence electrons. The number of aliphatic hydroxyl groups is 1. The Morgan fingerprint density at radius 3 is 1.08 bits per heavy atom. The van der Waals surface area contributed by atoms with Crippen LogP contribution in [0.25, 0.3) is 0 Å². The van der Waals surface area contributed by atoms with Crippen molar-refractivity contribution in [3.05, 3.63) is 61.2 Å². The first-order valence-electron chi connectivity index (χ1n) is 16.9. The van der Waals surface area contributed by atoms with Crippen LogP contribution in [0.2, 0.25) is 0 Å². The van der Waals surface area contributed by atoms with Crippen molar-refractivity contribution in [3.63, 3.8) is 0 Å². The van der Waals surface area contributed by atoms with Crippen molar-refractivity contribution < 1.29 is 31.1 Å². The predicted molar refractivity (Wildman–Crippen MR) is 201 cm³/mol. The zero-order chi connectivity index (χ0) is 38.1. The Bertz CT molecular complexity index is 1030. The number of ether oxygens (including phenoxy) is 1. The van der Waals surface area contributed by atoms with Gasteiger partial charge < -0.3 is 9.84 Å². The fourth-order valence-electron chi connectivity index (χ4n) is 5.15. The summed E-state index contributed by atoms with van der Waals surface area (Å²) in [5.41, 5.74) is 0. The van der Waals surface area contributed by atoms with Crippen molar-refractivity contribution in [2.24, 2.45) is 0 Å². The van der Waals surface area contributed by atoms with Crippen molar-refractivity contribution in [3.8, 4) is 0 Å². The van der Waals surface area contributed by atoms with E-state index in [2.05, 4.69) is 24.5 Å². The summed E-state index contributed by atoms with van der Waals surface area (Å²) in [6, 6.07) is 12.4. The first-order chi connectivity index (χ1) is 23.6. The maximum atomic E-state index is 11.3. The molecule has 0 bridgehead atoms. The number of hydrogen-bond donors (Lipinski definition) is 1. The Hall–Kier alpha value is -2.11. The number of aliphatic hydroxyl groups excluding tert-OH is 1. The van der Waals surface area contributed by atoms with Crippen LogP contribution in [0, 0.1) is 0 Å². The van der Waals surface area contributed by atoms with Gasteiger partial charge in [-0.25, -0.2) is 16.8 Å². The maximum Gasteiger partial charge on any atom is 0.211 e. The lowest BCUT2D eigenvalue weighted by atomic mass is 10.2. The Kier molecular flexibility index (Phi) is 34.6. The zero-order valence-corrected chi connectivity index (χ0v) is 33.4. The van der Waals surface area contributed by atoms with Crippen molar-refractivity contribution in [2.45, 2.75) is 65.5 Å². The highest BCUT2D eigenvalue weighted by Gasteiger charge is 2.34. The minimum atomic E-state index is -2.96. The van der Waals surface area contributed by atoms with Crippen LogP contribution in [0.3, 0.4) is 0 Å². The number of methoxy groups -OCH3 is 1. The highest BCUT2D eigenvalue weighted by atomic mass is 32.2. The normalized spacial score (nSPS) is 19.8. The quantitative estimate of drug-likeness (QED) is 0.479. The number of piperazine rings is 2. The monoisotopic (exact) mass is 738 g/mol. The van der Waals surface area contributed by atoms with Crippen LogP contribution >= 0.6 is 0 Å². The molecule has 15 heteroatoms. The van der Waals surface area contributed by atoms with E-state index in [1.807, 2.05) is 64.1 Å². The fourth-order valence-corrected chi connectivity index (χ4v) is 6.87. The molecule has 2 atom stereocenters. The summed E-state index contributed by atoms with van der Waals surface area (Å²) in [6.45, 7) is 14.9. The molecule has 0 aliphatic carbocycles. The third-order valence-electron chi connectivity index (χ3n) is 7.17. The second-order valence-corrected chi connectivity index (χ2v) is 14.3. The maximum absolute atomic E-state index is 11.3. The van der Waals surface area contributed by atoms with E-state index in [0.717, 1.165) is 46.1 Å². The van der Waals surface area contributed by atoms with Crippen LogP contribution in [-0.4, -0.2) is 156 Å². The van der Waals surface area contributed by atoms with Gasteiger partial charge in [0.25, 0.3) is 0 Å². The average molecular weight is 739 g/mol. The lowest BCUT2D eigenvalue weighted by molar-refractivity contribution is 0.159. The van der Waals surface area contributed by atoms with Gasteiger partial charge in [-0.1, -0.05) is 39.8 Å². The van der Waals surface area contributed by atoms with Crippen LogP contribution in [0.15, 0.2) is 61.2 Å². The minimum Gasteiger partial charge on any atom is -0.400 e. The van der Waals surface area contributed by atoms with Gasteiger partial charge >= 0.3 is 0 Å². The lowest BCUT2D eigenvalue weighted by Gasteiger charge is -2.35. The summed E-state index contributed by atoms with van der Waals surface area (Å²) in [5, 5.41) is 7.00. The van der Waals surface area contributed by atoms with Crippen LogP contribution in [0.5, 0.6) is 0 Å². The number of hydrogen-bond acceptors (Lipinski definition) is 10. The van der Waals surface area contributed by atoms with Crippen molar-refractivity contribution in [2.75, 3.05) is 93.4 Å². The highest BCUT2D eigenvalue weighted by molar-refractivity contribution is 7.88. The van der Waals surface area contributed by atoms with E-state index in [1.54, 1.807) is 47.6 Å². The van der Waals surface area contributed by atoms with Crippen LogP contribution in [0.1, 0.15) is 53.4 Å². The van der Waals surface area contributed by atoms with Gasteiger partial charge in [0.2, 0.25) is 20.0 Å². The van der Waals surface area contributed by atoms with E-state index in [4.69, 9.17) is 5.11 Å². The molecule has 4 aliphatic heterocycles. The molecule has 2 aromatic rings. The van der Waals surface area contributed by atoms with Gasteiger partial charge in [-0.15, -0.1) is 0 Å². The van der Waals surface area contributed by atoms with E-state index < -0.39 is 20.0 Å². The summed E-state index contributed by atoms with van der Waals surface area (Å²) in [5.74, 6) is 0. The number of halogens is 1. The van der Waals surface area contributed by atoms with E-state index in [-0.39, 0.29) is 0 Å². The molecule has 49 heavy (non-hydrogen) atoms. The first-order valence-corrected chi connectivity index (χ1v) is 20.6. The van der Waals surface area contributed by atoms with Gasteiger partial charge in [0, 0.05) is 97.5 Å². The summed E-state index contributed by atoms with van der Waals surface area (Å²) in [6.07, 6.45) is 14.4. The number of alkyl halides is 1. The summed E-state index contributed by atoms with van der Waals surface area (Å²) in [4.78, 5) is 12.4. The van der Waals surface area contributed by atoms with Gasteiger partial charge in [0.05, 0.1) is 19.7 Å². The summed E-state index contributed by atoms with van der Waals surface area (Å²) >= 11 is 0. The molecule has 2 unspecified atom stereocenters. The van der Waals surface area contributed by atoms with Gasteiger partial charge in [0.1, 0.15) is 0 Å². The molecule has 12 nitrogen and oxygen atoms in total. The topological polar surface area (TPSA) is 136 Å². The molecular formula is C34H67FN6O6S2. The molecule has 0 aromatic carbocycles. The molecule has 0 amide bonds. The first kappa shape index (κ1) is 51.3. The highest BCUT2D eigenvalue weighted by Crippen LogP contribution is 2.23. The molecule has 6 rings (SSSR count). The second kappa shape index (κ2) is 33.1. The molecular weight excluding hydrogens is 672 g/mol. The number of aromatic nitrogens is 2. The standard InChI is InChI=1S/2C8H16N2O2S.2C5H5N.C2H6O.2C2H6.CH3F.CH4O/c2*1-13(11,12)10-6-5-9-4-2-3-8(9)7-10;2*1-2-4-6-5-3-1;1-3-2;4*1-2/h2*8H,2-7H2,1H3;2*1-5H;1-2H3;2*1-2H3;1H3;2H,1H3. The van der Waals surface area contributed by atoms with E-state index in [9.17, 15) is 21.2 Å². The van der Waals surface area contributed by atoms with Crippen molar-refractivity contribution in [1.82, 2.24) is 28.4 Å². The molecule has 4 saturated heterocycles. The van der Waals surface area contributed by atoms with Gasteiger partial charge in [0.15, 0.2) is 0 Å². The van der Waals surface area contributed by atoms with Gasteiger partial charge in [-0.3, -0.25) is 24.2 Å². The number of sulfonamides is 2. The lowest BCUT2D eigenvalue weighted by Crippen LogP contribution is -2.51. The molecule has 4 aliphatic rings. The zero-order valence-electron chi connectivity index (χ0n) is 31.8. The summed E-state index contributed by atoms with van der Waals surface area (Å²) < 4.78 is 62.1. The molecule has 1 N–H and O–H groups in total. The fraction of sp³-hybridized carbons (Fsp3) is 0.706. The smallest absolute Gasteiger partial charge is 0.211 e. The Balaban J connectivity index is -0.000000545. The van der Waals surface area contributed by atoms with E-state index in [0.29, 0.717) is 45.4 Å².